The molecule has 9 nitrogen and oxygen atoms in total. The van der Waals surface area contributed by atoms with Crippen molar-refractivity contribution in [1.82, 2.24) is 25.3 Å². The molecule has 0 fully saturated rings. The van der Waals surface area contributed by atoms with Gasteiger partial charge in [-0.05, 0) is 60.9 Å². The Hall–Kier alpha value is -4.99. The van der Waals surface area contributed by atoms with E-state index in [1.54, 1.807) is 35.3 Å². The first-order chi connectivity index (χ1) is 18.4. The fourth-order valence-corrected chi connectivity index (χ4v) is 4.64. The minimum Gasteiger partial charge on any atom is -0.348 e. The van der Waals surface area contributed by atoms with Crippen LogP contribution in [0, 0.1) is 5.82 Å². The maximum Gasteiger partial charge on any atom is 0.323 e. The zero-order valence-electron chi connectivity index (χ0n) is 20.7. The number of carbonyl (C=O) groups excluding carboxylic acids is 2. The number of fused-ring (bicyclic) bond motifs is 2. The lowest BCUT2D eigenvalue weighted by atomic mass is 9.96. The second-order valence-corrected chi connectivity index (χ2v) is 9.43. The lowest BCUT2D eigenvalue weighted by molar-refractivity contribution is 0.0965. The van der Waals surface area contributed by atoms with E-state index >= 15 is 4.39 Å². The van der Waals surface area contributed by atoms with Crippen molar-refractivity contribution >= 4 is 34.2 Å². The van der Waals surface area contributed by atoms with Gasteiger partial charge in [-0.25, -0.2) is 9.18 Å². The smallest absolute Gasteiger partial charge is 0.323 e. The van der Waals surface area contributed by atoms with Crippen LogP contribution in [0.3, 0.4) is 0 Å². The van der Waals surface area contributed by atoms with E-state index < -0.39 is 11.8 Å². The highest BCUT2D eigenvalue weighted by molar-refractivity contribution is 6.03. The lowest BCUT2D eigenvalue weighted by Gasteiger charge is -2.11. The Morgan fingerprint density at radius 2 is 1.82 bits per heavy atom. The molecule has 10 heteroatoms. The first-order valence-corrected chi connectivity index (χ1v) is 12.2. The van der Waals surface area contributed by atoms with Gasteiger partial charge >= 0.3 is 6.03 Å². The number of hydrogen-bond acceptors (Lipinski definition) is 4. The lowest BCUT2D eigenvalue weighted by Crippen LogP contribution is -2.20. The molecule has 3 amide bonds. The van der Waals surface area contributed by atoms with Crippen LogP contribution in [0.2, 0.25) is 0 Å². The second kappa shape index (κ2) is 9.15. The number of anilines is 2. The van der Waals surface area contributed by atoms with Crippen molar-refractivity contribution in [3.8, 4) is 22.4 Å². The number of nitrogens with zero attached hydrogens (tertiary/aromatic N) is 3. The van der Waals surface area contributed by atoms with Crippen LogP contribution in [0.1, 0.15) is 35.8 Å². The Kier molecular flexibility index (Phi) is 5.64. The minimum absolute atomic E-state index is 0.0330. The number of aromatic amines is 1. The molecule has 4 N–H and O–H groups in total. The van der Waals surface area contributed by atoms with Crippen LogP contribution >= 0.6 is 0 Å². The van der Waals surface area contributed by atoms with Crippen LogP contribution in [0.4, 0.5) is 20.6 Å². The molecule has 1 aliphatic rings. The maximum absolute atomic E-state index is 15.1. The van der Waals surface area contributed by atoms with Crippen LogP contribution in [0.15, 0.2) is 67.0 Å². The fraction of sp³-hybridized carbons (Fsp3) is 0.143. The van der Waals surface area contributed by atoms with Crippen molar-refractivity contribution in [1.29, 1.82) is 0 Å². The van der Waals surface area contributed by atoms with E-state index in [0.29, 0.717) is 29.1 Å². The number of nitrogens with one attached hydrogen (secondary N) is 4. The van der Waals surface area contributed by atoms with Gasteiger partial charge in [0.2, 0.25) is 0 Å². The second-order valence-electron chi connectivity index (χ2n) is 9.43. The average molecular weight is 510 g/mol. The number of benzene rings is 3. The molecule has 3 heterocycles. The third kappa shape index (κ3) is 4.15. The third-order valence-electron chi connectivity index (χ3n) is 6.60. The van der Waals surface area contributed by atoms with Crippen molar-refractivity contribution in [2.75, 3.05) is 10.6 Å². The molecule has 6 rings (SSSR count). The SMILES string of the molecule is CC(C)n1cc(NC(=O)Nc2ccc(-c3cccc4c3CNC4=O)cc2F)c(-c2ccc3[nH]ncc3c2)n1. The van der Waals surface area contributed by atoms with Crippen LogP contribution in [0.5, 0.6) is 0 Å². The van der Waals surface area contributed by atoms with Crippen molar-refractivity contribution in [2.45, 2.75) is 26.4 Å². The summed E-state index contributed by atoms with van der Waals surface area (Å²) in [6.45, 7) is 4.38. The molecule has 0 radical (unpaired) electrons. The van der Waals surface area contributed by atoms with E-state index in [1.807, 2.05) is 38.1 Å². The molecule has 0 saturated carbocycles. The summed E-state index contributed by atoms with van der Waals surface area (Å²) in [5.41, 5.74) is 5.65. The van der Waals surface area contributed by atoms with Crippen LogP contribution < -0.4 is 16.0 Å². The summed E-state index contributed by atoms with van der Waals surface area (Å²) in [4.78, 5) is 24.9. The first-order valence-electron chi connectivity index (χ1n) is 12.2. The Morgan fingerprint density at radius 1 is 1.03 bits per heavy atom. The molecule has 1 aliphatic heterocycles. The molecular weight excluding hydrogens is 485 g/mol. The zero-order chi connectivity index (χ0) is 26.4. The van der Waals surface area contributed by atoms with Gasteiger partial charge in [-0.3, -0.25) is 14.6 Å². The van der Waals surface area contributed by atoms with Crippen LogP contribution in [0.25, 0.3) is 33.3 Å². The third-order valence-corrected chi connectivity index (χ3v) is 6.60. The van der Waals surface area contributed by atoms with Gasteiger partial charge in [0.15, 0.2) is 0 Å². The van der Waals surface area contributed by atoms with Gasteiger partial charge in [0.25, 0.3) is 5.91 Å². The van der Waals surface area contributed by atoms with Crippen molar-refractivity contribution in [3.63, 3.8) is 0 Å². The molecule has 0 saturated heterocycles. The van der Waals surface area contributed by atoms with Crippen molar-refractivity contribution in [3.05, 3.63) is 83.9 Å². The number of aromatic nitrogens is 4. The summed E-state index contributed by atoms with van der Waals surface area (Å²) in [6.07, 6.45) is 3.48. The number of amides is 3. The summed E-state index contributed by atoms with van der Waals surface area (Å²) in [5.74, 6) is -0.724. The number of H-pyrrole nitrogens is 1. The predicted molar refractivity (Wildman–Crippen MR) is 143 cm³/mol. The molecule has 5 aromatic rings. The van der Waals surface area contributed by atoms with Crippen LogP contribution in [-0.4, -0.2) is 31.9 Å². The normalized spacial score (nSPS) is 12.6. The number of urea groups is 1. The Bertz CT molecular complexity index is 1720. The van der Waals surface area contributed by atoms with Crippen molar-refractivity contribution < 1.29 is 14.0 Å². The summed E-state index contributed by atoms with van der Waals surface area (Å²) in [7, 11) is 0. The number of hydrogen-bond donors (Lipinski definition) is 4. The summed E-state index contributed by atoms with van der Waals surface area (Å²) < 4.78 is 16.8. The molecule has 190 valence electrons. The van der Waals surface area contributed by atoms with Gasteiger partial charge in [0.1, 0.15) is 11.5 Å². The molecular formula is C28H24FN7O2. The molecule has 0 atom stereocenters. The largest absolute Gasteiger partial charge is 0.348 e. The van der Waals surface area contributed by atoms with E-state index in [4.69, 9.17) is 0 Å². The van der Waals surface area contributed by atoms with E-state index in [0.717, 1.165) is 27.6 Å². The fourth-order valence-electron chi connectivity index (χ4n) is 4.64. The maximum atomic E-state index is 15.1. The molecule has 2 aromatic heterocycles. The monoisotopic (exact) mass is 509 g/mol. The number of rotatable bonds is 5. The highest BCUT2D eigenvalue weighted by Crippen LogP contribution is 2.32. The predicted octanol–water partition coefficient (Wildman–Crippen LogP) is 5.70. The Labute approximate surface area is 217 Å². The van der Waals surface area contributed by atoms with E-state index in [2.05, 4.69) is 31.2 Å². The van der Waals surface area contributed by atoms with Gasteiger partial charge in [0.05, 0.1) is 23.1 Å². The topological polar surface area (TPSA) is 117 Å². The zero-order valence-corrected chi connectivity index (χ0v) is 20.7. The first kappa shape index (κ1) is 23.4. The van der Waals surface area contributed by atoms with Crippen molar-refractivity contribution in [2.24, 2.45) is 0 Å². The Morgan fingerprint density at radius 3 is 2.63 bits per heavy atom. The molecule has 0 spiro atoms. The molecule has 0 unspecified atom stereocenters. The highest BCUT2D eigenvalue weighted by Gasteiger charge is 2.22. The number of halogens is 1. The van der Waals surface area contributed by atoms with E-state index in [1.165, 1.54) is 12.1 Å². The summed E-state index contributed by atoms with van der Waals surface area (Å²) >= 11 is 0. The van der Waals surface area contributed by atoms with Gasteiger partial charge in [-0.1, -0.05) is 24.3 Å². The molecule has 3 aromatic carbocycles. The quantitative estimate of drug-likeness (QED) is 0.243. The molecule has 0 aliphatic carbocycles. The molecule has 0 bridgehead atoms. The van der Waals surface area contributed by atoms with E-state index in [-0.39, 0.29) is 17.6 Å². The minimum atomic E-state index is -0.596. The summed E-state index contributed by atoms with van der Waals surface area (Å²) in [5, 5.41) is 20.8. The van der Waals surface area contributed by atoms with Gasteiger partial charge in [-0.2, -0.15) is 10.2 Å². The summed E-state index contributed by atoms with van der Waals surface area (Å²) in [6, 6.07) is 15.2. The number of carbonyl (C=O) groups is 2. The Balaban J connectivity index is 1.25. The van der Waals surface area contributed by atoms with Gasteiger partial charge < -0.3 is 16.0 Å². The molecule has 38 heavy (non-hydrogen) atoms. The standard InChI is InChI=1S/C28H24FN7O2/c1-15(2)36-14-25(26(35-36)17-7-8-23-18(10-17)12-31-34-23)33-28(38)32-24-9-6-16(11-22(24)29)19-4-3-5-20-21(19)13-30-27(20)37/h3-12,14-15H,13H2,1-2H3,(H,30,37)(H,31,34)(H2,32,33,38). The van der Waals surface area contributed by atoms with Crippen LogP contribution in [-0.2, 0) is 6.54 Å². The highest BCUT2D eigenvalue weighted by atomic mass is 19.1. The van der Waals surface area contributed by atoms with Gasteiger partial charge in [-0.15, -0.1) is 0 Å². The average Bonchev–Trinajstić information content (AvgIpc) is 3.63. The van der Waals surface area contributed by atoms with E-state index in [9.17, 15) is 9.59 Å². The van der Waals surface area contributed by atoms with Gasteiger partial charge in [0, 0.05) is 35.3 Å².